The summed E-state index contributed by atoms with van der Waals surface area (Å²) in [4.78, 5) is 21.5. The van der Waals surface area contributed by atoms with E-state index in [4.69, 9.17) is 0 Å². The zero-order valence-electron chi connectivity index (χ0n) is 8.37. The molecule has 76 valence electrons. The second-order valence-electron chi connectivity index (χ2n) is 2.86. The summed E-state index contributed by atoms with van der Waals surface area (Å²) in [5.41, 5.74) is 0. The first-order valence-electron chi connectivity index (χ1n) is 4.48. The van der Waals surface area contributed by atoms with E-state index < -0.39 is 6.04 Å². The summed E-state index contributed by atoms with van der Waals surface area (Å²) in [6.07, 6.45) is 2.23. The van der Waals surface area contributed by atoms with Crippen LogP contribution in [-0.4, -0.2) is 25.5 Å². The summed E-state index contributed by atoms with van der Waals surface area (Å²) in [7, 11) is 1.32. The van der Waals surface area contributed by atoms with Gasteiger partial charge in [0.25, 0.3) is 0 Å². The van der Waals surface area contributed by atoms with Crippen molar-refractivity contribution < 1.29 is 14.3 Å². The Hall–Kier alpha value is -1.06. The van der Waals surface area contributed by atoms with Gasteiger partial charge in [-0.1, -0.05) is 26.7 Å². The maximum atomic E-state index is 11.2. The van der Waals surface area contributed by atoms with Crippen LogP contribution in [0.25, 0.3) is 0 Å². The lowest BCUT2D eigenvalue weighted by Crippen LogP contribution is -2.42. The number of carbonyl (C=O) groups is 2. The Kier molecular flexibility index (Phi) is 5.93. The third-order valence-electron chi connectivity index (χ3n) is 2.22. The zero-order chi connectivity index (χ0) is 10.3. The SMILES string of the molecule is CCC(CC)[C@@H](NC=O)C(=O)OC. The van der Waals surface area contributed by atoms with Gasteiger partial charge in [-0.15, -0.1) is 0 Å². The smallest absolute Gasteiger partial charge is 0.328 e. The molecule has 0 unspecified atom stereocenters. The Morgan fingerprint density at radius 3 is 2.31 bits per heavy atom. The third-order valence-corrected chi connectivity index (χ3v) is 2.22. The van der Waals surface area contributed by atoms with Crippen molar-refractivity contribution in [2.45, 2.75) is 32.7 Å². The molecule has 0 bridgehead atoms. The quantitative estimate of drug-likeness (QED) is 0.492. The summed E-state index contributed by atoms with van der Waals surface area (Å²) < 4.78 is 4.59. The number of amides is 1. The van der Waals surface area contributed by atoms with Crippen molar-refractivity contribution in [3.63, 3.8) is 0 Å². The molecule has 0 rings (SSSR count). The van der Waals surface area contributed by atoms with Gasteiger partial charge in [0.1, 0.15) is 6.04 Å². The van der Waals surface area contributed by atoms with Gasteiger partial charge in [0, 0.05) is 0 Å². The molecule has 0 aliphatic carbocycles. The standard InChI is InChI=1S/C9H17NO3/c1-4-7(5-2)8(10-6-11)9(12)13-3/h6-8H,4-5H2,1-3H3,(H,10,11)/t8-/m1/s1. The summed E-state index contributed by atoms with van der Waals surface area (Å²) in [5.74, 6) is -0.224. The van der Waals surface area contributed by atoms with Crippen LogP contribution < -0.4 is 5.32 Å². The Morgan fingerprint density at radius 2 is 2.00 bits per heavy atom. The van der Waals surface area contributed by atoms with Crippen molar-refractivity contribution in [1.29, 1.82) is 0 Å². The lowest BCUT2D eigenvalue weighted by atomic mass is 9.94. The predicted octanol–water partition coefficient (Wildman–Crippen LogP) is 0.710. The number of methoxy groups -OCH3 is 1. The first-order chi connectivity index (χ1) is 6.21. The summed E-state index contributed by atoms with van der Waals surface area (Å²) >= 11 is 0. The van der Waals surface area contributed by atoms with E-state index in [1.807, 2.05) is 13.8 Å². The highest BCUT2D eigenvalue weighted by Gasteiger charge is 2.25. The van der Waals surface area contributed by atoms with Gasteiger partial charge >= 0.3 is 5.97 Å². The number of nitrogens with one attached hydrogen (secondary N) is 1. The number of hydrogen-bond acceptors (Lipinski definition) is 3. The fraction of sp³-hybridized carbons (Fsp3) is 0.778. The molecule has 0 saturated carbocycles. The number of carbonyl (C=O) groups excluding carboxylic acids is 2. The highest BCUT2D eigenvalue weighted by Crippen LogP contribution is 2.13. The number of ether oxygens (including phenoxy) is 1. The van der Waals surface area contributed by atoms with E-state index in [1.54, 1.807) is 0 Å². The van der Waals surface area contributed by atoms with E-state index in [9.17, 15) is 9.59 Å². The van der Waals surface area contributed by atoms with Crippen LogP contribution in [0.5, 0.6) is 0 Å². The van der Waals surface area contributed by atoms with E-state index in [0.717, 1.165) is 12.8 Å². The minimum Gasteiger partial charge on any atom is -0.467 e. The Bertz CT molecular complexity index is 166. The molecule has 0 fully saturated rings. The molecule has 4 nitrogen and oxygen atoms in total. The van der Waals surface area contributed by atoms with E-state index in [2.05, 4.69) is 10.1 Å². The van der Waals surface area contributed by atoms with Gasteiger partial charge in [0.15, 0.2) is 0 Å². The van der Waals surface area contributed by atoms with Crippen molar-refractivity contribution in [1.82, 2.24) is 5.32 Å². The molecule has 4 heteroatoms. The van der Waals surface area contributed by atoms with Gasteiger partial charge in [0.05, 0.1) is 7.11 Å². The zero-order valence-corrected chi connectivity index (χ0v) is 8.37. The molecule has 13 heavy (non-hydrogen) atoms. The largest absolute Gasteiger partial charge is 0.467 e. The van der Waals surface area contributed by atoms with Crippen molar-refractivity contribution >= 4 is 12.4 Å². The molecule has 0 radical (unpaired) electrons. The molecular formula is C9H17NO3. The van der Waals surface area contributed by atoms with Gasteiger partial charge in [-0.2, -0.15) is 0 Å². The maximum absolute atomic E-state index is 11.2. The molecule has 0 aromatic rings. The average molecular weight is 187 g/mol. The molecule has 1 amide bonds. The number of rotatable bonds is 6. The van der Waals surface area contributed by atoms with Crippen LogP contribution in [0, 0.1) is 5.92 Å². The molecule has 0 aromatic heterocycles. The van der Waals surface area contributed by atoms with Crippen LogP contribution in [0.3, 0.4) is 0 Å². The lowest BCUT2D eigenvalue weighted by Gasteiger charge is -2.21. The van der Waals surface area contributed by atoms with Gasteiger partial charge in [0.2, 0.25) is 6.41 Å². The van der Waals surface area contributed by atoms with E-state index in [0.29, 0.717) is 6.41 Å². The average Bonchev–Trinajstić information content (AvgIpc) is 2.17. The lowest BCUT2D eigenvalue weighted by molar-refractivity contribution is -0.145. The highest BCUT2D eigenvalue weighted by atomic mass is 16.5. The van der Waals surface area contributed by atoms with Crippen LogP contribution in [-0.2, 0) is 14.3 Å². The summed E-state index contributed by atoms with van der Waals surface area (Å²) in [6, 6.07) is -0.502. The predicted molar refractivity (Wildman–Crippen MR) is 49.1 cm³/mol. The van der Waals surface area contributed by atoms with Crippen LogP contribution in [0.2, 0.25) is 0 Å². The van der Waals surface area contributed by atoms with E-state index >= 15 is 0 Å². The number of esters is 1. The van der Waals surface area contributed by atoms with Crippen LogP contribution in [0.1, 0.15) is 26.7 Å². The van der Waals surface area contributed by atoms with Gasteiger partial charge in [-0.3, -0.25) is 4.79 Å². The molecular weight excluding hydrogens is 170 g/mol. The number of hydrogen-bond donors (Lipinski definition) is 1. The van der Waals surface area contributed by atoms with Crippen LogP contribution >= 0.6 is 0 Å². The van der Waals surface area contributed by atoms with Gasteiger partial charge < -0.3 is 10.1 Å². The van der Waals surface area contributed by atoms with E-state index in [1.165, 1.54) is 7.11 Å². The molecule has 0 aliphatic heterocycles. The van der Waals surface area contributed by atoms with Crippen molar-refractivity contribution in [2.24, 2.45) is 5.92 Å². The van der Waals surface area contributed by atoms with Gasteiger partial charge in [-0.25, -0.2) is 4.79 Å². The first-order valence-corrected chi connectivity index (χ1v) is 4.48. The Balaban J connectivity index is 4.36. The highest BCUT2D eigenvalue weighted by molar-refractivity contribution is 5.78. The van der Waals surface area contributed by atoms with Crippen molar-refractivity contribution in [2.75, 3.05) is 7.11 Å². The third kappa shape index (κ3) is 3.44. The van der Waals surface area contributed by atoms with Crippen LogP contribution in [0.4, 0.5) is 0 Å². The maximum Gasteiger partial charge on any atom is 0.328 e. The fourth-order valence-electron chi connectivity index (χ4n) is 1.36. The minimum atomic E-state index is -0.502. The molecule has 0 aliphatic rings. The topological polar surface area (TPSA) is 55.4 Å². The molecule has 0 aromatic carbocycles. The molecule has 0 spiro atoms. The molecule has 1 atom stereocenters. The second-order valence-corrected chi connectivity index (χ2v) is 2.86. The fourth-order valence-corrected chi connectivity index (χ4v) is 1.36. The summed E-state index contributed by atoms with van der Waals surface area (Å²) in [6.45, 7) is 3.97. The molecule has 0 heterocycles. The Morgan fingerprint density at radius 1 is 1.46 bits per heavy atom. The van der Waals surface area contributed by atoms with E-state index in [-0.39, 0.29) is 11.9 Å². The monoisotopic (exact) mass is 187 g/mol. The molecule has 1 N–H and O–H groups in total. The van der Waals surface area contributed by atoms with Crippen molar-refractivity contribution in [3.05, 3.63) is 0 Å². The second kappa shape index (κ2) is 6.46. The minimum absolute atomic E-state index is 0.151. The molecule has 0 saturated heterocycles. The normalized spacial score (nSPS) is 12.3. The Labute approximate surface area is 78.6 Å². The van der Waals surface area contributed by atoms with Gasteiger partial charge in [-0.05, 0) is 5.92 Å². The van der Waals surface area contributed by atoms with Crippen LogP contribution in [0.15, 0.2) is 0 Å². The van der Waals surface area contributed by atoms with Crippen molar-refractivity contribution in [3.8, 4) is 0 Å². The first kappa shape index (κ1) is 11.9. The summed E-state index contributed by atoms with van der Waals surface area (Å²) in [5, 5.41) is 2.48.